The molecule has 252 valence electrons. The highest BCUT2D eigenvalue weighted by molar-refractivity contribution is 9.10. The molecule has 48 heavy (non-hydrogen) atoms. The van der Waals surface area contributed by atoms with E-state index >= 15 is 0 Å². The van der Waals surface area contributed by atoms with E-state index in [4.69, 9.17) is 9.47 Å². The fourth-order valence-electron chi connectivity index (χ4n) is 5.90. The van der Waals surface area contributed by atoms with Gasteiger partial charge in [0.25, 0.3) is 0 Å². The summed E-state index contributed by atoms with van der Waals surface area (Å²) in [7, 11) is 0. The van der Waals surface area contributed by atoms with Crippen LogP contribution in [0.15, 0.2) is 102 Å². The van der Waals surface area contributed by atoms with Crippen molar-refractivity contribution < 1.29 is 33.0 Å². The van der Waals surface area contributed by atoms with Gasteiger partial charge in [0.2, 0.25) is 5.91 Å². The van der Waals surface area contributed by atoms with Crippen LogP contribution in [0.5, 0.6) is 5.75 Å². The first-order chi connectivity index (χ1) is 23.2. The summed E-state index contributed by atoms with van der Waals surface area (Å²) in [6.07, 6.45) is 0.644. The molecule has 4 aromatic rings. The van der Waals surface area contributed by atoms with Crippen molar-refractivity contribution in [3.63, 3.8) is 0 Å². The maximum absolute atomic E-state index is 14.8. The quantitative estimate of drug-likeness (QED) is 0.119. The zero-order valence-corrected chi connectivity index (χ0v) is 28.2. The number of hydrogen-bond acceptors (Lipinski definition) is 6. The number of carbonyl (C=O) groups excluding carboxylic acids is 2. The number of aliphatic hydroxyl groups excluding tert-OH is 1. The smallest absolute Gasteiger partial charge is 0.416 e. The Hall–Kier alpha value is -4.28. The number of unbranched alkanes of at least 4 members (excludes halogenated alkanes) is 1. The number of benzene rings is 4. The van der Waals surface area contributed by atoms with E-state index in [1.807, 2.05) is 48.5 Å². The second-order valence-corrected chi connectivity index (χ2v) is 12.8. The van der Waals surface area contributed by atoms with Gasteiger partial charge < -0.3 is 19.9 Å². The van der Waals surface area contributed by atoms with Crippen molar-refractivity contribution in [1.29, 1.82) is 0 Å². The summed E-state index contributed by atoms with van der Waals surface area (Å²) in [5.74, 6) is -1.71. The summed E-state index contributed by atoms with van der Waals surface area (Å²) in [4.78, 5) is 29.2. The number of cyclic esters (lactones) is 1. The molecule has 1 fully saturated rings. The van der Waals surface area contributed by atoms with Gasteiger partial charge in [-0.25, -0.2) is 18.5 Å². The van der Waals surface area contributed by atoms with E-state index in [1.54, 1.807) is 12.1 Å². The summed E-state index contributed by atoms with van der Waals surface area (Å²) < 4.78 is 40.1. The van der Waals surface area contributed by atoms with Crippen LogP contribution in [0.4, 0.5) is 19.3 Å². The van der Waals surface area contributed by atoms with Crippen molar-refractivity contribution in [3.05, 3.63) is 130 Å². The number of hydrogen-bond donors (Lipinski definition) is 2. The Morgan fingerprint density at radius 3 is 2.38 bits per heavy atom. The van der Waals surface area contributed by atoms with Crippen LogP contribution in [-0.2, 0) is 16.0 Å². The monoisotopic (exact) mass is 720 g/mol. The molecule has 1 heterocycles. The lowest BCUT2D eigenvalue weighted by molar-refractivity contribution is -0.134. The molecule has 0 bridgehead atoms. The van der Waals surface area contributed by atoms with Gasteiger partial charge in [0.1, 0.15) is 24.0 Å². The minimum absolute atomic E-state index is 0.0457. The molecule has 10 heteroatoms. The van der Waals surface area contributed by atoms with Crippen LogP contribution in [0.1, 0.15) is 61.4 Å². The number of aliphatic hydroxyl groups is 1. The van der Waals surface area contributed by atoms with Crippen LogP contribution in [-0.4, -0.2) is 41.3 Å². The van der Waals surface area contributed by atoms with Crippen molar-refractivity contribution in [2.24, 2.45) is 5.92 Å². The first-order valence-corrected chi connectivity index (χ1v) is 16.9. The predicted octanol–water partition coefficient (Wildman–Crippen LogP) is 8.78. The molecule has 7 nitrogen and oxygen atoms in total. The molecule has 1 aliphatic rings. The Balaban J connectivity index is 1.56. The van der Waals surface area contributed by atoms with Crippen molar-refractivity contribution in [2.75, 3.05) is 18.5 Å². The summed E-state index contributed by atoms with van der Waals surface area (Å²) in [6.45, 7) is 2.55. The van der Waals surface area contributed by atoms with Crippen molar-refractivity contribution in [2.45, 2.75) is 57.2 Å². The SMILES string of the molecule is CCCCOc1cc(Br)ccc1[C@@H](Nc1ccc(F)cc1)[C@@H](CC[C@H](O)c1ccc(F)cc1)C(=O)N1C(=O)OC[C@@H]1Cc1ccccc1. The Morgan fingerprint density at radius 1 is 1.00 bits per heavy atom. The van der Waals surface area contributed by atoms with Crippen molar-refractivity contribution in [1.82, 2.24) is 4.90 Å². The average Bonchev–Trinajstić information content (AvgIpc) is 3.45. The van der Waals surface area contributed by atoms with E-state index in [2.05, 4.69) is 28.2 Å². The molecule has 0 aromatic heterocycles. The summed E-state index contributed by atoms with van der Waals surface area (Å²) in [5, 5.41) is 14.6. The van der Waals surface area contributed by atoms with E-state index in [0.29, 0.717) is 35.6 Å². The maximum atomic E-state index is 14.8. The van der Waals surface area contributed by atoms with Crippen LogP contribution in [0.3, 0.4) is 0 Å². The van der Waals surface area contributed by atoms with E-state index in [9.17, 15) is 23.5 Å². The molecule has 0 saturated carbocycles. The van der Waals surface area contributed by atoms with Gasteiger partial charge >= 0.3 is 6.09 Å². The summed E-state index contributed by atoms with van der Waals surface area (Å²) >= 11 is 3.54. The Morgan fingerprint density at radius 2 is 1.69 bits per heavy atom. The molecule has 2 amide bonds. The lowest BCUT2D eigenvalue weighted by Gasteiger charge is -2.33. The number of ether oxygens (including phenoxy) is 2. The largest absolute Gasteiger partial charge is 0.493 e. The third kappa shape index (κ3) is 8.99. The molecule has 0 unspecified atom stereocenters. The first kappa shape index (κ1) is 35.0. The van der Waals surface area contributed by atoms with Gasteiger partial charge in [0, 0.05) is 15.7 Å². The van der Waals surface area contributed by atoms with Gasteiger partial charge in [-0.15, -0.1) is 0 Å². The highest BCUT2D eigenvalue weighted by Crippen LogP contribution is 2.40. The highest BCUT2D eigenvalue weighted by Gasteiger charge is 2.44. The molecule has 0 spiro atoms. The molecular weight excluding hydrogens is 682 g/mol. The summed E-state index contributed by atoms with van der Waals surface area (Å²) in [6, 6.07) is 25.1. The Labute approximate surface area is 288 Å². The van der Waals surface area contributed by atoms with Gasteiger partial charge in [0.05, 0.1) is 30.7 Å². The fraction of sp³-hybridized carbons (Fsp3) is 0.316. The van der Waals surface area contributed by atoms with Crippen LogP contribution in [0.25, 0.3) is 0 Å². The highest BCUT2D eigenvalue weighted by atomic mass is 79.9. The average molecular weight is 722 g/mol. The van der Waals surface area contributed by atoms with Crippen LogP contribution in [0.2, 0.25) is 0 Å². The lowest BCUT2D eigenvalue weighted by Crippen LogP contribution is -2.46. The summed E-state index contributed by atoms with van der Waals surface area (Å²) in [5.41, 5.74) is 2.65. The number of nitrogens with one attached hydrogen (secondary N) is 1. The van der Waals surface area contributed by atoms with Crippen LogP contribution < -0.4 is 10.1 Å². The molecule has 4 aromatic carbocycles. The van der Waals surface area contributed by atoms with Crippen LogP contribution >= 0.6 is 15.9 Å². The van der Waals surface area contributed by atoms with Gasteiger partial charge in [-0.05, 0) is 85.3 Å². The van der Waals surface area contributed by atoms with Crippen molar-refractivity contribution >= 4 is 33.6 Å². The zero-order valence-electron chi connectivity index (χ0n) is 26.7. The van der Waals surface area contributed by atoms with E-state index < -0.39 is 47.7 Å². The normalized spacial score (nSPS) is 16.2. The molecule has 1 saturated heterocycles. The topological polar surface area (TPSA) is 88.1 Å². The zero-order chi connectivity index (χ0) is 34.0. The molecule has 0 aliphatic carbocycles. The van der Waals surface area contributed by atoms with Gasteiger partial charge in [-0.3, -0.25) is 4.79 Å². The fourth-order valence-corrected chi connectivity index (χ4v) is 6.24. The van der Waals surface area contributed by atoms with Gasteiger partial charge in [0.15, 0.2) is 0 Å². The molecule has 5 rings (SSSR count). The number of rotatable bonds is 15. The molecular formula is C38H39BrF2N2O5. The Bertz CT molecular complexity index is 1660. The van der Waals surface area contributed by atoms with Gasteiger partial charge in [-0.1, -0.05) is 77.8 Å². The van der Waals surface area contributed by atoms with E-state index in [0.717, 1.165) is 22.9 Å². The third-order valence-corrected chi connectivity index (χ3v) is 8.96. The third-order valence-electron chi connectivity index (χ3n) is 8.47. The maximum Gasteiger partial charge on any atom is 0.416 e. The minimum atomic E-state index is -1.01. The number of nitrogens with zero attached hydrogens (tertiary/aromatic N) is 1. The van der Waals surface area contributed by atoms with Gasteiger partial charge in [-0.2, -0.15) is 0 Å². The van der Waals surface area contributed by atoms with E-state index in [1.165, 1.54) is 41.3 Å². The molecule has 1 aliphatic heterocycles. The standard InChI is InChI=1S/C38H39BrF2N2O5/c1-2-3-21-47-35-23-27(39)11-18-32(35)36(42-30-16-14-29(41)15-17-30)33(19-20-34(44)26-9-12-28(40)13-10-26)37(45)43-31(24-48-38(43)46)22-25-7-5-4-6-8-25/h4-18,23,31,33-34,36,42,44H,2-3,19-22,24H2,1H3/t31-,33+,34-,36+/m0/s1. The second-order valence-electron chi connectivity index (χ2n) is 11.9. The van der Waals surface area contributed by atoms with E-state index in [-0.39, 0.29) is 19.4 Å². The number of imide groups is 1. The minimum Gasteiger partial charge on any atom is -0.493 e. The lowest BCUT2D eigenvalue weighted by atomic mass is 9.85. The molecule has 4 atom stereocenters. The number of halogens is 3. The first-order valence-electron chi connectivity index (χ1n) is 16.1. The van der Waals surface area contributed by atoms with Crippen LogP contribution in [0, 0.1) is 17.6 Å². The Kier molecular flexibility index (Phi) is 12.2. The predicted molar refractivity (Wildman–Crippen MR) is 184 cm³/mol. The number of amides is 2. The second kappa shape index (κ2) is 16.7. The number of carbonyl (C=O) groups is 2. The number of anilines is 1. The molecule has 0 radical (unpaired) electrons. The molecule has 2 N–H and O–H groups in total. The van der Waals surface area contributed by atoms with Crippen molar-refractivity contribution in [3.8, 4) is 5.75 Å².